The summed E-state index contributed by atoms with van der Waals surface area (Å²) < 4.78 is 1.74. The number of carbonyl (C=O) groups is 1. The lowest BCUT2D eigenvalue weighted by molar-refractivity contribution is -0.130. The summed E-state index contributed by atoms with van der Waals surface area (Å²) in [5.74, 6) is 0.937. The van der Waals surface area contributed by atoms with E-state index < -0.39 is 0 Å². The number of carbonyl (C=O) groups excluding carboxylic acids is 1. The van der Waals surface area contributed by atoms with Crippen LogP contribution in [0.25, 0.3) is 11.0 Å². The molecule has 1 fully saturated rings. The van der Waals surface area contributed by atoms with E-state index in [2.05, 4.69) is 20.0 Å². The van der Waals surface area contributed by atoms with Gasteiger partial charge in [0.25, 0.3) is 0 Å². The average molecular weight is 424 g/mol. The maximum Gasteiger partial charge on any atom is 0.242 e. The molecule has 3 heterocycles. The maximum atomic E-state index is 13.1. The lowest BCUT2D eigenvalue weighted by Crippen LogP contribution is -2.53. The van der Waals surface area contributed by atoms with Gasteiger partial charge in [-0.15, -0.1) is 0 Å². The minimum Gasteiger partial charge on any atom is -0.394 e. The van der Waals surface area contributed by atoms with Gasteiger partial charge >= 0.3 is 0 Å². The van der Waals surface area contributed by atoms with Crippen LogP contribution >= 0.6 is 0 Å². The zero-order valence-corrected chi connectivity index (χ0v) is 18.1. The van der Waals surface area contributed by atoms with Crippen molar-refractivity contribution >= 4 is 28.4 Å². The van der Waals surface area contributed by atoms with E-state index in [1.54, 1.807) is 17.2 Å². The normalized spacial score (nSPS) is 15.3. The molecule has 1 unspecified atom stereocenters. The largest absolute Gasteiger partial charge is 0.394 e. The summed E-state index contributed by atoms with van der Waals surface area (Å²) in [6.07, 6.45) is 4.12. The smallest absolute Gasteiger partial charge is 0.242 e. The molecule has 3 aromatic rings. The Labute approximate surface area is 181 Å². The van der Waals surface area contributed by atoms with Gasteiger partial charge in [0, 0.05) is 38.9 Å². The average Bonchev–Trinajstić information content (AvgIpc) is 3.20. The van der Waals surface area contributed by atoms with E-state index in [0.29, 0.717) is 26.2 Å². The van der Waals surface area contributed by atoms with E-state index in [-0.39, 0.29) is 25.1 Å². The molecule has 31 heavy (non-hydrogen) atoms. The van der Waals surface area contributed by atoms with Crippen LogP contribution in [-0.4, -0.2) is 81.0 Å². The van der Waals surface area contributed by atoms with Crippen LogP contribution in [0.1, 0.15) is 13.3 Å². The van der Waals surface area contributed by atoms with Crippen LogP contribution < -0.4 is 9.80 Å². The van der Waals surface area contributed by atoms with Gasteiger partial charge in [-0.3, -0.25) is 9.48 Å². The highest BCUT2D eigenvalue weighted by Gasteiger charge is 2.27. The molecule has 1 N–H and O–H groups in total. The number of benzene rings is 1. The number of fused-ring (bicyclic) bond motifs is 1. The third kappa shape index (κ3) is 4.32. The molecular formula is C22H29N7O2. The molecule has 4 rings (SSSR count). The Hall–Kier alpha value is -3.20. The van der Waals surface area contributed by atoms with Crippen molar-refractivity contribution in [2.75, 3.05) is 49.1 Å². The van der Waals surface area contributed by atoms with Gasteiger partial charge < -0.3 is 19.8 Å². The number of amides is 1. The fraction of sp³-hybridized carbons (Fsp3) is 0.455. The number of para-hydroxylation sites is 1. The van der Waals surface area contributed by atoms with Gasteiger partial charge in [-0.25, -0.2) is 9.97 Å². The first-order chi connectivity index (χ1) is 15.1. The molecule has 0 bridgehead atoms. The Balaban J connectivity index is 1.43. The molecule has 9 nitrogen and oxygen atoms in total. The number of aromatic nitrogens is 4. The van der Waals surface area contributed by atoms with Crippen molar-refractivity contribution in [2.45, 2.75) is 19.4 Å². The van der Waals surface area contributed by atoms with Crippen molar-refractivity contribution in [3.05, 3.63) is 42.9 Å². The van der Waals surface area contributed by atoms with Crippen molar-refractivity contribution in [2.24, 2.45) is 7.05 Å². The van der Waals surface area contributed by atoms with Crippen molar-refractivity contribution in [3.8, 4) is 0 Å². The SMILES string of the molecule is CCC(CO)N(CC(=O)N1CCN(c2ncnc3c2cnn3C)CC1)c1ccccc1. The Bertz CT molecular complexity index is 1010. The van der Waals surface area contributed by atoms with Gasteiger partial charge in [-0.2, -0.15) is 5.10 Å². The van der Waals surface area contributed by atoms with Gasteiger partial charge in [0.05, 0.1) is 30.8 Å². The van der Waals surface area contributed by atoms with Crippen LogP contribution in [0.4, 0.5) is 11.5 Å². The Morgan fingerprint density at radius 2 is 1.90 bits per heavy atom. The first kappa shape index (κ1) is 21.0. The van der Waals surface area contributed by atoms with E-state index in [4.69, 9.17) is 0 Å². The fourth-order valence-corrected chi connectivity index (χ4v) is 4.11. The monoisotopic (exact) mass is 423 g/mol. The van der Waals surface area contributed by atoms with Crippen LogP contribution in [-0.2, 0) is 11.8 Å². The summed E-state index contributed by atoms with van der Waals surface area (Å²) in [7, 11) is 1.87. The lowest BCUT2D eigenvalue weighted by atomic mass is 10.1. The van der Waals surface area contributed by atoms with Crippen molar-refractivity contribution < 1.29 is 9.90 Å². The first-order valence-electron chi connectivity index (χ1n) is 10.7. The topological polar surface area (TPSA) is 90.6 Å². The number of hydrogen-bond donors (Lipinski definition) is 1. The number of anilines is 2. The van der Waals surface area contributed by atoms with Gasteiger partial charge in [0.1, 0.15) is 12.1 Å². The number of aryl methyl sites for hydroxylation is 1. The van der Waals surface area contributed by atoms with Crippen LogP contribution in [0.2, 0.25) is 0 Å². The molecule has 1 amide bonds. The number of nitrogens with zero attached hydrogens (tertiary/aromatic N) is 7. The van der Waals surface area contributed by atoms with Crippen molar-refractivity contribution in [3.63, 3.8) is 0 Å². The van der Waals surface area contributed by atoms with Crippen molar-refractivity contribution in [1.82, 2.24) is 24.6 Å². The molecule has 1 saturated heterocycles. The van der Waals surface area contributed by atoms with E-state index >= 15 is 0 Å². The van der Waals surface area contributed by atoms with Gasteiger partial charge in [0.15, 0.2) is 5.65 Å². The zero-order valence-electron chi connectivity index (χ0n) is 18.1. The standard InChI is InChI=1S/C22H29N7O2/c1-3-17(15-30)29(18-7-5-4-6-8-18)14-20(31)27-9-11-28(12-10-27)22-19-13-25-26(2)21(19)23-16-24-22/h4-8,13,16-17,30H,3,9-12,14-15H2,1-2H3. The number of aliphatic hydroxyl groups excluding tert-OH is 1. The van der Waals surface area contributed by atoms with Gasteiger partial charge in [0.2, 0.25) is 5.91 Å². The van der Waals surface area contributed by atoms with E-state index in [1.807, 2.05) is 54.1 Å². The Kier molecular flexibility index (Phi) is 6.31. The minimum atomic E-state index is -0.0903. The molecule has 164 valence electrons. The predicted octanol–water partition coefficient (Wildman–Crippen LogP) is 1.29. The summed E-state index contributed by atoms with van der Waals surface area (Å²) in [5.41, 5.74) is 1.76. The second kappa shape index (κ2) is 9.30. The highest BCUT2D eigenvalue weighted by Crippen LogP contribution is 2.24. The number of piperazine rings is 1. The third-order valence-corrected chi connectivity index (χ3v) is 5.96. The van der Waals surface area contributed by atoms with Gasteiger partial charge in [-0.05, 0) is 18.6 Å². The number of aliphatic hydroxyl groups is 1. The third-order valence-electron chi connectivity index (χ3n) is 5.96. The van der Waals surface area contributed by atoms with Crippen LogP contribution in [0.3, 0.4) is 0 Å². The molecule has 2 aromatic heterocycles. The highest BCUT2D eigenvalue weighted by molar-refractivity contribution is 5.87. The summed E-state index contributed by atoms with van der Waals surface area (Å²) in [6.45, 7) is 4.96. The maximum absolute atomic E-state index is 13.1. The van der Waals surface area contributed by atoms with E-state index in [9.17, 15) is 9.90 Å². The molecule has 1 atom stereocenters. The summed E-state index contributed by atoms with van der Waals surface area (Å²) in [6, 6.07) is 9.74. The molecule has 1 aliphatic rings. The molecule has 0 aliphatic carbocycles. The molecular weight excluding hydrogens is 394 g/mol. The zero-order chi connectivity index (χ0) is 21.8. The van der Waals surface area contributed by atoms with E-state index in [0.717, 1.165) is 29.0 Å². The Morgan fingerprint density at radius 3 is 2.58 bits per heavy atom. The molecule has 0 saturated carbocycles. The number of hydrogen-bond acceptors (Lipinski definition) is 7. The lowest BCUT2D eigenvalue weighted by Gasteiger charge is -2.38. The van der Waals surface area contributed by atoms with Crippen molar-refractivity contribution in [1.29, 1.82) is 0 Å². The fourth-order valence-electron chi connectivity index (χ4n) is 4.11. The van der Waals surface area contributed by atoms with Gasteiger partial charge in [-0.1, -0.05) is 25.1 Å². The molecule has 1 aromatic carbocycles. The Morgan fingerprint density at radius 1 is 1.16 bits per heavy atom. The molecule has 0 spiro atoms. The highest BCUT2D eigenvalue weighted by atomic mass is 16.3. The predicted molar refractivity (Wildman–Crippen MR) is 120 cm³/mol. The summed E-state index contributed by atoms with van der Waals surface area (Å²) in [4.78, 5) is 28.0. The second-order valence-corrected chi connectivity index (χ2v) is 7.78. The second-order valence-electron chi connectivity index (χ2n) is 7.78. The minimum absolute atomic E-state index is 0.0152. The van der Waals surface area contributed by atoms with Crippen LogP contribution in [0, 0.1) is 0 Å². The van der Waals surface area contributed by atoms with E-state index in [1.165, 1.54) is 0 Å². The van der Waals surface area contributed by atoms with Crippen LogP contribution in [0.15, 0.2) is 42.9 Å². The molecule has 9 heteroatoms. The first-order valence-corrected chi connectivity index (χ1v) is 10.7. The number of rotatable bonds is 7. The van der Waals surface area contributed by atoms with Crippen LogP contribution in [0.5, 0.6) is 0 Å². The summed E-state index contributed by atoms with van der Waals surface area (Å²) >= 11 is 0. The molecule has 1 aliphatic heterocycles. The summed E-state index contributed by atoms with van der Waals surface area (Å²) in [5, 5.41) is 15.0. The molecule has 0 radical (unpaired) electrons. The quantitative estimate of drug-likeness (QED) is 0.612.